The predicted octanol–water partition coefficient (Wildman–Crippen LogP) is 1.81. The number of hydrogen-bond acceptors (Lipinski definition) is 1. The van der Waals surface area contributed by atoms with Crippen molar-refractivity contribution in [3.05, 3.63) is 48.6 Å². The van der Waals surface area contributed by atoms with E-state index < -0.39 is 5.78 Å². The Balaban J connectivity index is 2.90. The molecular weight excluding hydrogens is 220 g/mol. The molecule has 0 saturated carbocycles. The van der Waals surface area contributed by atoms with Crippen LogP contribution in [0.4, 0.5) is 0 Å². The first-order valence-electron chi connectivity index (χ1n) is 5.11. The summed E-state index contributed by atoms with van der Waals surface area (Å²) >= 11 is 0. The van der Waals surface area contributed by atoms with Crippen molar-refractivity contribution in [2.45, 2.75) is 0 Å². The molecular formula is C17H8O. The van der Waals surface area contributed by atoms with E-state index in [1.54, 1.807) is 48.6 Å². The predicted molar refractivity (Wildman–Crippen MR) is 72.7 cm³/mol. The second-order valence-corrected chi connectivity index (χ2v) is 2.84. The molecule has 0 radical (unpaired) electrons. The molecule has 0 unspecified atom stereocenters. The minimum atomic E-state index is -0.416. The van der Waals surface area contributed by atoms with Crippen molar-refractivity contribution in [2.75, 3.05) is 0 Å². The van der Waals surface area contributed by atoms with Crippen LogP contribution >= 0.6 is 0 Å². The average molecular weight is 228 g/mol. The number of Topliss-reactive ketones (excluding diaryl/α,β-unsaturated/α-hetero) is 1. The van der Waals surface area contributed by atoms with Gasteiger partial charge in [0, 0.05) is 0 Å². The average Bonchev–Trinajstić information content (AvgIpc) is 2.37. The highest BCUT2D eigenvalue weighted by Gasteiger charge is 1.82. The normalized spacial score (nSPS) is 19.9. The first kappa shape index (κ1) is 12.9. The lowest BCUT2D eigenvalue weighted by Crippen LogP contribution is -1.84. The molecule has 1 aliphatic carbocycles. The van der Waals surface area contributed by atoms with Gasteiger partial charge in [-0.15, -0.1) is 0 Å². The number of hydrogen-bond donors (Lipinski definition) is 0. The van der Waals surface area contributed by atoms with Crippen molar-refractivity contribution < 1.29 is 4.79 Å². The smallest absolute Gasteiger partial charge is 0.270 e. The van der Waals surface area contributed by atoms with E-state index in [1.165, 1.54) is 0 Å². The monoisotopic (exact) mass is 228 g/mol. The molecule has 82 valence electrons. The van der Waals surface area contributed by atoms with Gasteiger partial charge in [0.15, 0.2) is 0 Å². The summed E-state index contributed by atoms with van der Waals surface area (Å²) in [7, 11) is 0. The van der Waals surface area contributed by atoms with Gasteiger partial charge in [-0.3, -0.25) is 4.79 Å². The highest BCUT2D eigenvalue weighted by molar-refractivity contribution is 6.09. The topological polar surface area (TPSA) is 17.1 Å². The van der Waals surface area contributed by atoms with Gasteiger partial charge in [-0.1, -0.05) is 48.0 Å². The fraction of sp³-hybridized carbons (Fsp3) is 0. The Labute approximate surface area is 107 Å². The van der Waals surface area contributed by atoms with Crippen molar-refractivity contribution in [1.82, 2.24) is 0 Å². The van der Waals surface area contributed by atoms with E-state index in [9.17, 15) is 4.79 Å². The fourth-order valence-electron chi connectivity index (χ4n) is 0.816. The SMILES string of the molecule is O=C1C#C/C=C/C=C\C#CC#C/C=C\C=C\C#C1. The molecule has 0 spiro atoms. The number of carbonyl (C=O) groups excluding carboxylic acids is 1. The van der Waals surface area contributed by atoms with E-state index >= 15 is 0 Å². The molecule has 0 aromatic heterocycles. The molecule has 0 bridgehead atoms. The van der Waals surface area contributed by atoms with Crippen LogP contribution in [-0.4, -0.2) is 5.78 Å². The standard InChI is InChI=1S/C17H8O/c18-17-15-13-11-9-7-5-3-1-2-4-6-8-10-12-14-16-17/h5-12H/b7-5-,8-6-,11-9+,12-10+. The molecule has 18 heavy (non-hydrogen) atoms. The zero-order valence-corrected chi connectivity index (χ0v) is 9.53. The number of rotatable bonds is 0. The van der Waals surface area contributed by atoms with Crippen LogP contribution in [0, 0.1) is 47.4 Å². The third-order valence-electron chi connectivity index (χ3n) is 1.52. The minimum absolute atomic E-state index is 0.416. The Kier molecular flexibility index (Phi) is 6.56. The van der Waals surface area contributed by atoms with Gasteiger partial charge in [-0.25, -0.2) is 0 Å². The van der Waals surface area contributed by atoms with Crippen molar-refractivity contribution in [1.29, 1.82) is 0 Å². The molecule has 1 nitrogen and oxygen atoms in total. The van der Waals surface area contributed by atoms with Gasteiger partial charge in [-0.2, -0.15) is 0 Å². The lowest BCUT2D eigenvalue weighted by atomic mass is 10.3. The van der Waals surface area contributed by atoms with Crippen LogP contribution < -0.4 is 0 Å². The van der Waals surface area contributed by atoms with Crippen LogP contribution in [0.2, 0.25) is 0 Å². The van der Waals surface area contributed by atoms with Gasteiger partial charge < -0.3 is 0 Å². The first-order valence-corrected chi connectivity index (χ1v) is 5.11. The summed E-state index contributed by atoms with van der Waals surface area (Å²) in [4.78, 5) is 11.1. The molecule has 1 heteroatoms. The van der Waals surface area contributed by atoms with E-state index in [0.717, 1.165) is 0 Å². The quantitative estimate of drug-likeness (QED) is 0.456. The van der Waals surface area contributed by atoms with Gasteiger partial charge in [-0.05, 0) is 48.0 Å². The van der Waals surface area contributed by atoms with E-state index in [4.69, 9.17) is 0 Å². The molecule has 0 atom stereocenters. The summed E-state index contributed by atoms with van der Waals surface area (Å²) in [5.74, 6) is 20.3. The third-order valence-corrected chi connectivity index (χ3v) is 1.52. The Morgan fingerprint density at radius 3 is 1.44 bits per heavy atom. The second-order valence-electron chi connectivity index (χ2n) is 2.84. The maximum Gasteiger partial charge on any atom is 0.279 e. The van der Waals surface area contributed by atoms with Gasteiger partial charge >= 0.3 is 0 Å². The summed E-state index contributed by atoms with van der Waals surface area (Å²) in [6, 6.07) is 0. The molecule has 0 fully saturated rings. The summed E-state index contributed by atoms with van der Waals surface area (Å²) < 4.78 is 0. The molecule has 0 heterocycles. The molecule has 0 aromatic carbocycles. The number of carbonyl (C=O) groups is 1. The Bertz CT molecular complexity index is 607. The zero-order chi connectivity index (χ0) is 12.9. The van der Waals surface area contributed by atoms with Crippen LogP contribution in [0.15, 0.2) is 48.6 Å². The third kappa shape index (κ3) is 7.20. The van der Waals surface area contributed by atoms with Crippen LogP contribution in [0.5, 0.6) is 0 Å². The zero-order valence-electron chi connectivity index (χ0n) is 9.53. The fourth-order valence-corrected chi connectivity index (χ4v) is 0.816. The van der Waals surface area contributed by atoms with E-state index in [-0.39, 0.29) is 0 Å². The first-order chi connectivity index (χ1) is 8.89. The van der Waals surface area contributed by atoms with Crippen molar-refractivity contribution >= 4 is 5.78 Å². The van der Waals surface area contributed by atoms with Crippen molar-refractivity contribution in [3.8, 4) is 47.4 Å². The summed E-state index contributed by atoms with van der Waals surface area (Å²) in [5.41, 5.74) is 0. The van der Waals surface area contributed by atoms with E-state index in [2.05, 4.69) is 47.4 Å². The van der Waals surface area contributed by atoms with Gasteiger partial charge in [0.05, 0.1) is 0 Å². The molecule has 1 aliphatic rings. The minimum Gasteiger partial charge on any atom is -0.270 e. The Hall–Kier alpha value is -3.13. The number of ketones is 1. The molecule has 0 aromatic rings. The summed E-state index contributed by atoms with van der Waals surface area (Å²) in [6.07, 6.45) is 13.2. The van der Waals surface area contributed by atoms with E-state index in [0.29, 0.717) is 0 Å². The molecule has 0 N–H and O–H groups in total. The molecule has 0 aliphatic heterocycles. The largest absolute Gasteiger partial charge is 0.279 e. The van der Waals surface area contributed by atoms with Crippen LogP contribution in [-0.2, 0) is 4.79 Å². The maximum absolute atomic E-state index is 11.1. The Morgan fingerprint density at radius 1 is 0.611 bits per heavy atom. The van der Waals surface area contributed by atoms with E-state index in [1.807, 2.05) is 0 Å². The van der Waals surface area contributed by atoms with Crippen LogP contribution in [0.3, 0.4) is 0 Å². The summed E-state index contributed by atoms with van der Waals surface area (Å²) in [5, 5.41) is 0. The Morgan fingerprint density at radius 2 is 1.00 bits per heavy atom. The highest BCUT2D eigenvalue weighted by Crippen LogP contribution is 1.78. The molecule has 0 amide bonds. The number of allylic oxidation sites excluding steroid dienone is 8. The van der Waals surface area contributed by atoms with Gasteiger partial charge in [0.1, 0.15) is 0 Å². The van der Waals surface area contributed by atoms with Gasteiger partial charge in [0.2, 0.25) is 0 Å². The second kappa shape index (κ2) is 9.12. The van der Waals surface area contributed by atoms with Gasteiger partial charge in [0.25, 0.3) is 5.78 Å². The maximum atomic E-state index is 11.1. The highest BCUT2D eigenvalue weighted by atomic mass is 16.1. The lowest BCUT2D eigenvalue weighted by Gasteiger charge is -1.70. The van der Waals surface area contributed by atoms with Crippen molar-refractivity contribution in [3.63, 3.8) is 0 Å². The summed E-state index contributed by atoms with van der Waals surface area (Å²) in [6.45, 7) is 0. The van der Waals surface area contributed by atoms with Crippen LogP contribution in [0.1, 0.15) is 0 Å². The molecule has 0 saturated heterocycles. The molecule has 1 rings (SSSR count). The van der Waals surface area contributed by atoms with Crippen LogP contribution in [0.25, 0.3) is 0 Å². The van der Waals surface area contributed by atoms with Crippen molar-refractivity contribution in [2.24, 2.45) is 0 Å². The lowest BCUT2D eigenvalue weighted by molar-refractivity contribution is -0.108.